The molecule has 0 aliphatic heterocycles. The Balaban J connectivity index is 2.84. The molecule has 4 nitrogen and oxygen atoms in total. The van der Waals surface area contributed by atoms with Crippen molar-refractivity contribution < 1.29 is 21.9 Å². The van der Waals surface area contributed by atoms with Gasteiger partial charge in [0.25, 0.3) is 0 Å². The van der Waals surface area contributed by atoms with Crippen molar-refractivity contribution in [3.63, 3.8) is 0 Å². The fraction of sp³-hybridized carbons (Fsp3) is 0.538. The summed E-state index contributed by atoms with van der Waals surface area (Å²) in [4.78, 5) is 0. The van der Waals surface area contributed by atoms with Gasteiger partial charge in [-0.1, -0.05) is 20.8 Å². The Hall–Kier alpha value is -1.21. The van der Waals surface area contributed by atoms with Crippen LogP contribution in [0.5, 0.6) is 5.75 Å². The van der Waals surface area contributed by atoms with E-state index in [2.05, 4.69) is 0 Å². The fourth-order valence-corrected chi connectivity index (χ4v) is 2.76. The molecule has 7 heteroatoms. The molecule has 0 bridgehead atoms. The summed E-state index contributed by atoms with van der Waals surface area (Å²) in [5, 5.41) is 5.04. The Morgan fingerprint density at radius 2 is 1.90 bits per heavy atom. The van der Waals surface area contributed by atoms with E-state index in [0.29, 0.717) is 0 Å². The van der Waals surface area contributed by atoms with Crippen LogP contribution in [0.15, 0.2) is 18.2 Å². The van der Waals surface area contributed by atoms with Gasteiger partial charge in [-0.15, -0.1) is 0 Å². The van der Waals surface area contributed by atoms with Gasteiger partial charge in [-0.25, -0.2) is 22.3 Å². The van der Waals surface area contributed by atoms with E-state index in [1.807, 2.05) is 20.8 Å². The highest BCUT2D eigenvalue weighted by molar-refractivity contribution is 7.89. The number of ether oxygens (including phenoxy) is 1. The monoisotopic (exact) mass is 307 g/mol. The Morgan fingerprint density at radius 1 is 1.30 bits per heavy atom. The lowest BCUT2D eigenvalue weighted by molar-refractivity contribution is 0.158. The first-order valence-electron chi connectivity index (χ1n) is 6.07. The van der Waals surface area contributed by atoms with Gasteiger partial charge in [0, 0.05) is 12.0 Å². The highest BCUT2D eigenvalue weighted by atomic mass is 32.2. The second-order valence-electron chi connectivity index (χ2n) is 5.78. The van der Waals surface area contributed by atoms with Crippen LogP contribution in [0, 0.1) is 23.0 Å². The molecule has 0 heterocycles. The van der Waals surface area contributed by atoms with Crippen molar-refractivity contribution in [3.05, 3.63) is 29.8 Å². The maximum atomic E-state index is 13.4. The normalized spacial score (nSPS) is 14.1. The average Bonchev–Trinajstić information content (AvgIpc) is 2.25. The van der Waals surface area contributed by atoms with E-state index < -0.39 is 33.0 Å². The van der Waals surface area contributed by atoms with Crippen LogP contribution in [0.25, 0.3) is 0 Å². The van der Waals surface area contributed by atoms with Gasteiger partial charge in [0.15, 0.2) is 11.6 Å². The lowest BCUT2D eigenvalue weighted by atomic mass is 9.82. The van der Waals surface area contributed by atoms with Gasteiger partial charge in [-0.3, -0.25) is 0 Å². The number of benzene rings is 1. The standard InChI is InChI=1S/C13H19F2NO3S/c1-13(2,3)9(8-20(16,17)18)7-19-12-6-10(14)4-5-11(12)15/h4-6,9H,7-8H2,1-3H3,(H2,16,17,18). The molecule has 0 amide bonds. The van der Waals surface area contributed by atoms with Crippen molar-refractivity contribution in [3.8, 4) is 5.75 Å². The van der Waals surface area contributed by atoms with E-state index in [1.54, 1.807) is 0 Å². The molecule has 0 aliphatic rings. The summed E-state index contributed by atoms with van der Waals surface area (Å²) in [6.45, 7) is 5.41. The van der Waals surface area contributed by atoms with Crippen molar-refractivity contribution in [2.24, 2.45) is 16.5 Å². The summed E-state index contributed by atoms with van der Waals surface area (Å²) in [7, 11) is -3.68. The minimum atomic E-state index is -3.68. The first-order valence-corrected chi connectivity index (χ1v) is 7.79. The third-order valence-corrected chi connectivity index (χ3v) is 3.86. The van der Waals surface area contributed by atoms with E-state index >= 15 is 0 Å². The van der Waals surface area contributed by atoms with Crippen LogP contribution in [0.4, 0.5) is 8.78 Å². The predicted octanol–water partition coefficient (Wildman–Crippen LogP) is 2.29. The quantitative estimate of drug-likeness (QED) is 0.907. The van der Waals surface area contributed by atoms with Crippen molar-refractivity contribution >= 4 is 10.0 Å². The number of hydrogen-bond acceptors (Lipinski definition) is 3. The zero-order valence-electron chi connectivity index (χ0n) is 11.7. The first-order chi connectivity index (χ1) is 8.99. The second-order valence-corrected chi connectivity index (χ2v) is 7.44. The summed E-state index contributed by atoms with van der Waals surface area (Å²) < 4.78 is 54.1. The van der Waals surface area contributed by atoms with Crippen LogP contribution in [0.3, 0.4) is 0 Å². The van der Waals surface area contributed by atoms with Gasteiger partial charge in [0.2, 0.25) is 10.0 Å². The maximum absolute atomic E-state index is 13.4. The van der Waals surface area contributed by atoms with Crippen LogP contribution >= 0.6 is 0 Å². The minimum Gasteiger partial charge on any atom is -0.490 e. The van der Waals surface area contributed by atoms with Gasteiger partial charge in [0.1, 0.15) is 5.82 Å². The number of hydrogen-bond donors (Lipinski definition) is 1. The number of rotatable bonds is 5. The Bertz CT molecular complexity index is 567. The van der Waals surface area contributed by atoms with Crippen LogP contribution in [0.1, 0.15) is 20.8 Å². The van der Waals surface area contributed by atoms with Gasteiger partial charge in [-0.05, 0) is 17.5 Å². The summed E-state index contributed by atoms with van der Waals surface area (Å²) in [6, 6.07) is 2.86. The van der Waals surface area contributed by atoms with E-state index in [4.69, 9.17) is 9.88 Å². The molecular formula is C13H19F2NO3S. The zero-order valence-corrected chi connectivity index (χ0v) is 12.5. The largest absolute Gasteiger partial charge is 0.490 e. The molecule has 1 rings (SSSR count). The number of nitrogens with two attached hydrogens (primary N) is 1. The molecule has 20 heavy (non-hydrogen) atoms. The predicted molar refractivity (Wildman–Crippen MR) is 72.8 cm³/mol. The van der Waals surface area contributed by atoms with Crippen molar-refractivity contribution in [1.82, 2.24) is 0 Å². The summed E-state index contributed by atoms with van der Waals surface area (Å²) >= 11 is 0. The number of sulfonamides is 1. The van der Waals surface area contributed by atoms with Crippen LogP contribution in [-0.4, -0.2) is 20.8 Å². The maximum Gasteiger partial charge on any atom is 0.209 e. The first kappa shape index (κ1) is 16.8. The molecule has 0 radical (unpaired) electrons. The van der Waals surface area contributed by atoms with E-state index in [9.17, 15) is 17.2 Å². The molecule has 1 aromatic carbocycles. The topological polar surface area (TPSA) is 69.4 Å². The summed E-state index contributed by atoms with van der Waals surface area (Å²) in [6.07, 6.45) is 0. The van der Waals surface area contributed by atoms with Crippen molar-refractivity contribution in [2.45, 2.75) is 20.8 Å². The lowest BCUT2D eigenvalue weighted by Gasteiger charge is -2.29. The molecule has 0 saturated carbocycles. The number of primary sulfonamides is 1. The van der Waals surface area contributed by atoms with E-state index in [1.165, 1.54) is 0 Å². The average molecular weight is 307 g/mol. The Morgan fingerprint density at radius 3 is 2.40 bits per heavy atom. The Labute approximate surface area is 118 Å². The molecular weight excluding hydrogens is 288 g/mol. The number of halogens is 2. The van der Waals surface area contributed by atoms with Gasteiger partial charge in [0.05, 0.1) is 12.4 Å². The smallest absolute Gasteiger partial charge is 0.209 e. The minimum absolute atomic E-state index is 0.0691. The SMILES string of the molecule is CC(C)(C)C(COc1cc(F)ccc1F)CS(N)(=O)=O. The zero-order chi connectivity index (χ0) is 15.6. The molecule has 0 aliphatic carbocycles. The molecule has 114 valence electrons. The lowest BCUT2D eigenvalue weighted by Crippen LogP contribution is -2.35. The van der Waals surface area contributed by atoms with Gasteiger partial charge >= 0.3 is 0 Å². The third-order valence-electron chi connectivity index (χ3n) is 2.99. The summed E-state index contributed by atoms with van der Waals surface area (Å²) in [5.41, 5.74) is -0.407. The van der Waals surface area contributed by atoms with Crippen LogP contribution < -0.4 is 9.88 Å². The third kappa shape index (κ3) is 5.42. The van der Waals surface area contributed by atoms with Crippen molar-refractivity contribution in [1.29, 1.82) is 0 Å². The molecule has 1 atom stereocenters. The second kappa shape index (κ2) is 6.05. The van der Waals surface area contributed by atoms with E-state index in [0.717, 1.165) is 18.2 Å². The molecule has 0 spiro atoms. The van der Waals surface area contributed by atoms with Gasteiger partial charge < -0.3 is 4.74 Å². The van der Waals surface area contributed by atoms with Crippen molar-refractivity contribution in [2.75, 3.05) is 12.4 Å². The fourth-order valence-electron chi connectivity index (χ4n) is 1.61. The highest BCUT2D eigenvalue weighted by Gasteiger charge is 2.29. The van der Waals surface area contributed by atoms with Crippen LogP contribution in [0.2, 0.25) is 0 Å². The van der Waals surface area contributed by atoms with Gasteiger partial charge in [-0.2, -0.15) is 0 Å². The molecule has 0 saturated heterocycles. The molecule has 1 unspecified atom stereocenters. The molecule has 0 aromatic heterocycles. The molecule has 2 N–H and O–H groups in total. The molecule has 1 aromatic rings. The Kier molecular flexibility index (Phi) is 5.10. The highest BCUT2D eigenvalue weighted by Crippen LogP contribution is 2.28. The van der Waals surface area contributed by atoms with Crippen LogP contribution in [-0.2, 0) is 10.0 Å². The summed E-state index contributed by atoms with van der Waals surface area (Å²) in [5.74, 6) is -2.29. The van der Waals surface area contributed by atoms with E-state index in [-0.39, 0.29) is 18.1 Å². The molecule has 0 fully saturated rings.